The molecule has 2 fully saturated rings. The van der Waals surface area contributed by atoms with Crippen molar-refractivity contribution in [3.8, 4) is 0 Å². The third-order valence-corrected chi connectivity index (χ3v) is 3.82. The topological polar surface area (TPSA) is 59.6 Å². The van der Waals surface area contributed by atoms with Crippen molar-refractivity contribution in [1.29, 1.82) is 0 Å². The number of rotatable bonds is 5. The van der Waals surface area contributed by atoms with E-state index in [1.807, 2.05) is 0 Å². The molecule has 2 aliphatic rings. The Hall–Kier alpha value is -0.810. The molecule has 0 aromatic heterocycles. The SMILES string of the molecule is O=C(NCCC[C@H]1CCCCO1)NC1CCOCC1. The molecule has 0 aromatic carbocycles. The van der Waals surface area contributed by atoms with E-state index < -0.39 is 0 Å². The smallest absolute Gasteiger partial charge is 0.315 e. The minimum atomic E-state index is -0.0449. The van der Waals surface area contributed by atoms with Crippen molar-refractivity contribution in [2.75, 3.05) is 26.4 Å². The van der Waals surface area contributed by atoms with Gasteiger partial charge < -0.3 is 20.1 Å². The molecule has 0 saturated carbocycles. The minimum Gasteiger partial charge on any atom is -0.381 e. The molecule has 1 atom stereocenters. The van der Waals surface area contributed by atoms with Gasteiger partial charge in [-0.05, 0) is 44.9 Å². The highest BCUT2D eigenvalue weighted by Crippen LogP contribution is 2.16. The van der Waals surface area contributed by atoms with Gasteiger partial charge in [0.1, 0.15) is 0 Å². The first-order valence-electron chi connectivity index (χ1n) is 7.58. The van der Waals surface area contributed by atoms with Crippen LogP contribution in [-0.2, 0) is 9.47 Å². The number of carbonyl (C=O) groups excluding carboxylic acids is 1. The highest BCUT2D eigenvalue weighted by atomic mass is 16.5. The van der Waals surface area contributed by atoms with Crippen LogP contribution < -0.4 is 10.6 Å². The van der Waals surface area contributed by atoms with E-state index in [9.17, 15) is 4.79 Å². The maximum absolute atomic E-state index is 11.7. The highest BCUT2D eigenvalue weighted by molar-refractivity contribution is 5.74. The average molecular weight is 270 g/mol. The Balaban J connectivity index is 1.48. The Morgan fingerprint density at radius 1 is 1.11 bits per heavy atom. The lowest BCUT2D eigenvalue weighted by Gasteiger charge is -2.24. The van der Waals surface area contributed by atoms with Crippen LogP contribution in [0.1, 0.15) is 44.9 Å². The van der Waals surface area contributed by atoms with Gasteiger partial charge in [0.05, 0.1) is 6.10 Å². The molecule has 2 saturated heterocycles. The number of urea groups is 1. The maximum Gasteiger partial charge on any atom is 0.315 e. The van der Waals surface area contributed by atoms with Crippen LogP contribution in [0.15, 0.2) is 0 Å². The summed E-state index contributed by atoms with van der Waals surface area (Å²) < 4.78 is 10.9. The minimum absolute atomic E-state index is 0.0449. The summed E-state index contributed by atoms with van der Waals surface area (Å²) >= 11 is 0. The molecule has 2 heterocycles. The lowest BCUT2D eigenvalue weighted by molar-refractivity contribution is 0.0103. The third kappa shape index (κ3) is 5.78. The molecule has 2 rings (SSSR count). The fraction of sp³-hybridized carbons (Fsp3) is 0.929. The van der Waals surface area contributed by atoms with Gasteiger partial charge in [-0.25, -0.2) is 4.79 Å². The standard InChI is InChI=1S/C14H26N2O3/c17-14(16-12-6-10-18-11-7-12)15-8-3-5-13-4-1-2-9-19-13/h12-13H,1-11H2,(H2,15,16,17)/t13-/m1/s1. The quantitative estimate of drug-likeness (QED) is 0.749. The lowest BCUT2D eigenvalue weighted by atomic mass is 10.0. The molecule has 5 heteroatoms. The molecule has 5 nitrogen and oxygen atoms in total. The van der Waals surface area contributed by atoms with E-state index in [2.05, 4.69) is 10.6 Å². The Morgan fingerprint density at radius 3 is 2.68 bits per heavy atom. The van der Waals surface area contributed by atoms with E-state index in [0.29, 0.717) is 6.10 Å². The van der Waals surface area contributed by atoms with Crippen LogP contribution in [0.2, 0.25) is 0 Å². The second-order valence-electron chi connectivity index (χ2n) is 5.42. The molecule has 0 spiro atoms. The fourth-order valence-corrected chi connectivity index (χ4v) is 2.65. The zero-order valence-electron chi connectivity index (χ0n) is 11.7. The van der Waals surface area contributed by atoms with E-state index >= 15 is 0 Å². The summed E-state index contributed by atoms with van der Waals surface area (Å²) in [6.45, 7) is 3.14. The molecule has 2 N–H and O–H groups in total. The summed E-state index contributed by atoms with van der Waals surface area (Å²) in [5.41, 5.74) is 0. The third-order valence-electron chi connectivity index (χ3n) is 3.82. The van der Waals surface area contributed by atoms with E-state index in [0.717, 1.165) is 52.0 Å². The Bertz CT molecular complexity index is 261. The molecular weight excluding hydrogens is 244 g/mol. The van der Waals surface area contributed by atoms with Crippen molar-refractivity contribution in [3.05, 3.63) is 0 Å². The van der Waals surface area contributed by atoms with Crippen LogP contribution in [0, 0.1) is 0 Å². The van der Waals surface area contributed by atoms with Gasteiger partial charge in [0.15, 0.2) is 0 Å². The normalized spacial score (nSPS) is 24.9. The monoisotopic (exact) mass is 270 g/mol. The predicted octanol–water partition coefficient (Wildman–Crippen LogP) is 1.81. The summed E-state index contributed by atoms with van der Waals surface area (Å²) in [5.74, 6) is 0. The van der Waals surface area contributed by atoms with E-state index in [1.54, 1.807) is 0 Å². The molecule has 110 valence electrons. The Morgan fingerprint density at radius 2 is 1.95 bits per heavy atom. The average Bonchev–Trinajstić information content (AvgIpc) is 2.46. The van der Waals surface area contributed by atoms with Crippen LogP contribution in [0.3, 0.4) is 0 Å². The van der Waals surface area contributed by atoms with Crippen LogP contribution in [0.25, 0.3) is 0 Å². The molecule has 0 unspecified atom stereocenters. The second kappa shape index (κ2) is 8.38. The molecule has 0 bridgehead atoms. The number of carbonyl (C=O) groups is 1. The first kappa shape index (κ1) is 14.6. The molecule has 0 radical (unpaired) electrons. The summed E-state index contributed by atoms with van der Waals surface area (Å²) in [7, 11) is 0. The summed E-state index contributed by atoms with van der Waals surface area (Å²) in [6.07, 6.45) is 7.95. The number of nitrogens with one attached hydrogen (secondary N) is 2. The summed E-state index contributed by atoms with van der Waals surface area (Å²) in [4.78, 5) is 11.7. The van der Waals surface area contributed by atoms with Crippen molar-refractivity contribution in [2.24, 2.45) is 0 Å². The van der Waals surface area contributed by atoms with Crippen molar-refractivity contribution >= 4 is 6.03 Å². The van der Waals surface area contributed by atoms with E-state index in [-0.39, 0.29) is 12.1 Å². The molecular formula is C14H26N2O3. The molecule has 2 aliphatic heterocycles. The van der Waals surface area contributed by atoms with Crippen molar-refractivity contribution in [3.63, 3.8) is 0 Å². The van der Waals surface area contributed by atoms with Gasteiger partial charge in [0.2, 0.25) is 0 Å². The highest BCUT2D eigenvalue weighted by Gasteiger charge is 2.16. The number of hydrogen-bond acceptors (Lipinski definition) is 3. The van der Waals surface area contributed by atoms with Crippen molar-refractivity contribution in [2.45, 2.75) is 57.1 Å². The van der Waals surface area contributed by atoms with Crippen LogP contribution in [0.5, 0.6) is 0 Å². The Kier molecular flexibility index (Phi) is 6.44. The van der Waals surface area contributed by atoms with Crippen LogP contribution >= 0.6 is 0 Å². The van der Waals surface area contributed by atoms with Gasteiger partial charge in [-0.2, -0.15) is 0 Å². The van der Waals surface area contributed by atoms with E-state index in [4.69, 9.17) is 9.47 Å². The number of amides is 2. The molecule has 0 aliphatic carbocycles. The first-order chi connectivity index (χ1) is 9.34. The van der Waals surface area contributed by atoms with Gasteiger partial charge in [0, 0.05) is 32.4 Å². The molecule has 2 amide bonds. The lowest BCUT2D eigenvalue weighted by Crippen LogP contribution is -2.44. The van der Waals surface area contributed by atoms with Crippen LogP contribution in [-0.4, -0.2) is 44.5 Å². The van der Waals surface area contributed by atoms with Crippen molar-refractivity contribution in [1.82, 2.24) is 10.6 Å². The first-order valence-corrected chi connectivity index (χ1v) is 7.58. The van der Waals surface area contributed by atoms with Gasteiger partial charge in [-0.1, -0.05) is 0 Å². The van der Waals surface area contributed by atoms with Gasteiger partial charge >= 0.3 is 6.03 Å². The number of ether oxygens (including phenoxy) is 2. The number of hydrogen-bond donors (Lipinski definition) is 2. The van der Waals surface area contributed by atoms with Gasteiger partial charge in [-0.3, -0.25) is 0 Å². The van der Waals surface area contributed by atoms with Crippen LogP contribution in [0.4, 0.5) is 4.79 Å². The zero-order chi connectivity index (χ0) is 13.3. The Labute approximate surface area is 115 Å². The molecule has 19 heavy (non-hydrogen) atoms. The molecule has 0 aromatic rings. The summed E-state index contributed by atoms with van der Waals surface area (Å²) in [6, 6.07) is 0.229. The largest absolute Gasteiger partial charge is 0.381 e. The maximum atomic E-state index is 11.7. The van der Waals surface area contributed by atoms with Crippen molar-refractivity contribution < 1.29 is 14.3 Å². The second-order valence-corrected chi connectivity index (χ2v) is 5.42. The predicted molar refractivity (Wildman–Crippen MR) is 73.2 cm³/mol. The summed E-state index contributed by atoms with van der Waals surface area (Å²) in [5, 5.41) is 5.92. The van der Waals surface area contributed by atoms with E-state index in [1.165, 1.54) is 19.3 Å². The zero-order valence-corrected chi connectivity index (χ0v) is 11.7. The van der Waals surface area contributed by atoms with Gasteiger partial charge in [-0.15, -0.1) is 0 Å². The fourth-order valence-electron chi connectivity index (χ4n) is 2.65. The van der Waals surface area contributed by atoms with Gasteiger partial charge in [0.25, 0.3) is 0 Å².